The average molecular weight is 220 g/mol. The number of alkyl halides is 3. The maximum atomic E-state index is 12.4. The van der Waals surface area contributed by atoms with Crippen molar-refractivity contribution in [3.8, 4) is 0 Å². The number of halogens is 3. The van der Waals surface area contributed by atoms with E-state index in [2.05, 4.69) is 10.3 Å². The van der Waals surface area contributed by atoms with Gasteiger partial charge in [-0.2, -0.15) is 13.2 Å². The van der Waals surface area contributed by atoms with E-state index in [1.807, 2.05) is 0 Å². The van der Waals surface area contributed by atoms with Gasteiger partial charge < -0.3 is 9.73 Å². The second-order valence-corrected chi connectivity index (χ2v) is 3.65. The van der Waals surface area contributed by atoms with Gasteiger partial charge in [0, 0.05) is 12.5 Å². The molecule has 2 rings (SSSR count). The molecule has 0 spiro atoms. The van der Waals surface area contributed by atoms with Gasteiger partial charge in [-0.15, -0.1) is 0 Å². The Balaban J connectivity index is 2.28. The predicted octanol–water partition coefficient (Wildman–Crippen LogP) is 2.08. The summed E-state index contributed by atoms with van der Waals surface area (Å²) in [6.45, 7) is 2.75. The standard InChI is InChI=1S/C9H11F3N2O/c1-5-7(9(10,11)12)15-8(14-5)6-2-3-13-4-6/h6,13H,2-4H2,1H3. The third-order valence-electron chi connectivity index (χ3n) is 2.48. The minimum atomic E-state index is -4.44. The molecule has 6 heteroatoms. The Morgan fingerprint density at radius 2 is 2.20 bits per heavy atom. The number of nitrogens with zero attached hydrogens (tertiary/aromatic N) is 1. The molecule has 0 saturated carbocycles. The predicted molar refractivity (Wildman–Crippen MR) is 46.5 cm³/mol. The highest BCUT2D eigenvalue weighted by molar-refractivity contribution is 5.13. The Morgan fingerprint density at radius 1 is 1.47 bits per heavy atom. The Kier molecular flexibility index (Phi) is 2.46. The molecule has 1 N–H and O–H groups in total. The summed E-state index contributed by atoms with van der Waals surface area (Å²) < 4.78 is 42.0. The second kappa shape index (κ2) is 3.52. The van der Waals surface area contributed by atoms with Gasteiger partial charge in [0.15, 0.2) is 5.89 Å². The summed E-state index contributed by atoms with van der Waals surface area (Å²) in [6.07, 6.45) is -3.67. The highest BCUT2D eigenvalue weighted by atomic mass is 19.4. The van der Waals surface area contributed by atoms with Crippen molar-refractivity contribution >= 4 is 0 Å². The van der Waals surface area contributed by atoms with Crippen molar-refractivity contribution in [2.24, 2.45) is 0 Å². The molecule has 0 radical (unpaired) electrons. The maximum Gasteiger partial charge on any atom is 0.451 e. The molecule has 1 unspecified atom stereocenters. The molecule has 84 valence electrons. The normalized spacial score (nSPS) is 22.3. The van der Waals surface area contributed by atoms with E-state index in [1.54, 1.807) is 0 Å². The molecule has 1 aromatic heterocycles. The molecular formula is C9H11F3N2O. The van der Waals surface area contributed by atoms with Crippen molar-refractivity contribution in [2.75, 3.05) is 13.1 Å². The zero-order valence-corrected chi connectivity index (χ0v) is 8.19. The van der Waals surface area contributed by atoms with Crippen LogP contribution in [0.1, 0.15) is 29.7 Å². The molecule has 2 heterocycles. The fraction of sp³-hybridized carbons (Fsp3) is 0.667. The van der Waals surface area contributed by atoms with E-state index in [0.29, 0.717) is 6.54 Å². The third-order valence-corrected chi connectivity index (χ3v) is 2.48. The lowest BCUT2D eigenvalue weighted by Crippen LogP contribution is -2.08. The largest absolute Gasteiger partial charge is 0.451 e. The summed E-state index contributed by atoms with van der Waals surface area (Å²) in [4.78, 5) is 3.83. The van der Waals surface area contributed by atoms with Crippen molar-refractivity contribution in [2.45, 2.75) is 25.4 Å². The van der Waals surface area contributed by atoms with Gasteiger partial charge in [-0.25, -0.2) is 4.98 Å². The van der Waals surface area contributed by atoms with Crippen LogP contribution in [-0.4, -0.2) is 18.1 Å². The topological polar surface area (TPSA) is 38.1 Å². The van der Waals surface area contributed by atoms with Crippen LogP contribution in [0.15, 0.2) is 4.42 Å². The van der Waals surface area contributed by atoms with Gasteiger partial charge in [-0.1, -0.05) is 0 Å². The summed E-state index contributed by atoms with van der Waals surface area (Å²) in [7, 11) is 0. The number of hydrogen-bond donors (Lipinski definition) is 1. The van der Waals surface area contributed by atoms with Crippen molar-refractivity contribution in [1.29, 1.82) is 0 Å². The molecule has 1 aromatic rings. The smallest absolute Gasteiger partial charge is 0.435 e. The molecule has 1 aliphatic rings. The molecule has 1 atom stereocenters. The Labute approximate surface area is 84.7 Å². The van der Waals surface area contributed by atoms with Crippen LogP contribution in [0.5, 0.6) is 0 Å². The van der Waals surface area contributed by atoms with Gasteiger partial charge in [0.25, 0.3) is 0 Å². The number of aryl methyl sites for hydroxylation is 1. The summed E-state index contributed by atoms with van der Waals surface area (Å²) >= 11 is 0. The molecule has 1 fully saturated rings. The Hall–Kier alpha value is -1.04. The minimum absolute atomic E-state index is 0.0280. The van der Waals surface area contributed by atoms with E-state index >= 15 is 0 Å². The van der Waals surface area contributed by atoms with Crippen molar-refractivity contribution in [1.82, 2.24) is 10.3 Å². The minimum Gasteiger partial charge on any atom is -0.435 e. The molecule has 1 saturated heterocycles. The third kappa shape index (κ3) is 1.99. The number of nitrogens with one attached hydrogen (secondary N) is 1. The number of oxazole rings is 1. The fourth-order valence-electron chi connectivity index (χ4n) is 1.72. The van der Waals surface area contributed by atoms with E-state index in [4.69, 9.17) is 4.42 Å². The summed E-state index contributed by atoms with van der Waals surface area (Å²) in [6, 6.07) is 0. The van der Waals surface area contributed by atoms with Gasteiger partial charge in [0.05, 0.1) is 5.69 Å². The first-order chi connectivity index (χ1) is 6.98. The van der Waals surface area contributed by atoms with Gasteiger partial charge in [0.2, 0.25) is 5.76 Å². The lowest BCUT2D eigenvalue weighted by molar-refractivity contribution is -0.154. The zero-order chi connectivity index (χ0) is 11.1. The molecule has 1 aliphatic heterocycles. The fourth-order valence-corrected chi connectivity index (χ4v) is 1.72. The van der Waals surface area contributed by atoms with Gasteiger partial charge >= 0.3 is 6.18 Å². The van der Waals surface area contributed by atoms with E-state index in [1.165, 1.54) is 6.92 Å². The van der Waals surface area contributed by atoms with Crippen molar-refractivity contribution in [3.05, 3.63) is 17.3 Å². The summed E-state index contributed by atoms with van der Waals surface area (Å²) in [5, 5.41) is 3.06. The quantitative estimate of drug-likeness (QED) is 0.787. The van der Waals surface area contributed by atoms with E-state index in [9.17, 15) is 13.2 Å². The molecular weight excluding hydrogens is 209 g/mol. The van der Waals surface area contributed by atoms with Crippen LogP contribution in [-0.2, 0) is 6.18 Å². The zero-order valence-electron chi connectivity index (χ0n) is 8.19. The molecule has 15 heavy (non-hydrogen) atoms. The van der Waals surface area contributed by atoms with Crippen LogP contribution >= 0.6 is 0 Å². The van der Waals surface area contributed by atoms with Crippen LogP contribution in [0.2, 0.25) is 0 Å². The second-order valence-electron chi connectivity index (χ2n) is 3.65. The van der Waals surface area contributed by atoms with Gasteiger partial charge in [-0.05, 0) is 19.9 Å². The van der Waals surface area contributed by atoms with Crippen LogP contribution < -0.4 is 5.32 Å². The van der Waals surface area contributed by atoms with E-state index < -0.39 is 11.9 Å². The van der Waals surface area contributed by atoms with Crippen LogP contribution in [0.3, 0.4) is 0 Å². The molecule has 0 amide bonds. The van der Waals surface area contributed by atoms with E-state index in [-0.39, 0.29) is 17.5 Å². The molecule has 3 nitrogen and oxygen atoms in total. The number of hydrogen-bond acceptors (Lipinski definition) is 3. The summed E-state index contributed by atoms with van der Waals surface area (Å²) in [5.41, 5.74) is -0.0793. The molecule has 0 aromatic carbocycles. The molecule has 0 aliphatic carbocycles. The highest BCUT2D eigenvalue weighted by Gasteiger charge is 2.39. The lowest BCUT2D eigenvalue weighted by Gasteiger charge is -2.03. The molecule has 0 bridgehead atoms. The van der Waals surface area contributed by atoms with Crippen LogP contribution in [0.4, 0.5) is 13.2 Å². The first kappa shape index (κ1) is 10.5. The highest BCUT2D eigenvalue weighted by Crippen LogP contribution is 2.34. The number of aromatic nitrogens is 1. The maximum absolute atomic E-state index is 12.4. The monoisotopic (exact) mass is 220 g/mol. The van der Waals surface area contributed by atoms with Crippen molar-refractivity contribution in [3.63, 3.8) is 0 Å². The first-order valence-corrected chi connectivity index (χ1v) is 4.73. The first-order valence-electron chi connectivity index (χ1n) is 4.73. The Morgan fingerprint density at radius 3 is 2.67 bits per heavy atom. The summed E-state index contributed by atoms with van der Waals surface area (Å²) in [5.74, 6) is -0.797. The number of rotatable bonds is 1. The van der Waals surface area contributed by atoms with Crippen LogP contribution in [0.25, 0.3) is 0 Å². The lowest BCUT2D eigenvalue weighted by atomic mass is 10.1. The van der Waals surface area contributed by atoms with Crippen LogP contribution in [0, 0.1) is 6.92 Å². The average Bonchev–Trinajstić information content (AvgIpc) is 2.68. The Bertz CT molecular complexity index is 353. The van der Waals surface area contributed by atoms with Crippen molar-refractivity contribution < 1.29 is 17.6 Å². The van der Waals surface area contributed by atoms with Gasteiger partial charge in [0.1, 0.15) is 0 Å². The van der Waals surface area contributed by atoms with E-state index in [0.717, 1.165) is 13.0 Å². The van der Waals surface area contributed by atoms with Gasteiger partial charge in [-0.3, -0.25) is 0 Å². The SMILES string of the molecule is Cc1nc(C2CCNC2)oc1C(F)(F)F.